The van der Waals surface area contributed by atoms with Crippen LogP contribution in [0, 0.1) is 13.8 Å². The molecule has 31 heavy (non-hydrogen) atoms. The van der Waals surface area contributed by atoms with Crippen LogP contribution in [-0.4, -0.2) is 34.9 Å². The van der Waals surface area contributed by atoms with Crippen molar-refractivity contribution in [2.75, 3.05) is 18.5 Å². The number of amides is 1. The van der Waals surface area contributed by atoms with E-state index in [2.05, 4.69) is 10.4 Å². The molecule has 160 valence electrons. The van der Waals surface area contributed by atoms with E-state index in [0.717, 1.165) is 11.1 Å². The van der Waals surface area contributed by atoms with E-state index in [1.807, 2.05) is 26.0 Å². The van der Waals surface area contributed by atoms with Crippen LogP contribution in [0.1, 0.15) is 28.4 Å². The van der Waals surface area contributed by atoms with Crippen molar-refractivity contribution in [3.05, 3.63) is 81.6 Å². The van der Waals surface area contributed by atoms with Gasteiger partial charge >= 0.3 is 5.97 Å². The molecule has 8 heteroatoms. The van der Waals surface area contributed by atoms with Gasteiger partial charge in [0.05, 0.1) is 17.9 Å². The van der Waals surface area contributed by atoms with E-state index in [1.54, 1.807) is 37.3 Å². The predicted octanol–water partition coefficient (Wildman–Crippen LogP) is 3.04. The third-order valence-electron chi connectivity index (χ3n) is 4.54. The standard InChI is InChI=1S/C23H23N3O5/c1-4-30-23(29)17-6-8-18(9-7-17)24-20(27)14-31-21-11-12-22(28)26(25-21)19-10-5-15(2)16(3)13-19/h5-13H,4,14H2,1-3H3,(H,24,27). The Balaban J connectivity index is 1.63. The number of hydrogen-bond acceptors (Lipinski definition) is 6. The van der Waals surface area contributed by atoms with Crippen LogP contribution in [0.25, 0.3) is 5.69 Å². The lowest BCUT2D eigenvalue weighted by molar-refractivity contribution is -0.118. The van der Waals surface area contributed by atoms with Gasteiger partial charge in [0, 0.05) is 17.8 Å². The number of hydrogen-bond donors (Lipinski definition) is 1. The molecule has 1 N–H and O–H groups in total. The average molecular weight is 421 g/mol. The molecule has 1 heterocycles. The number of anilines is 1. The first kappa shape index (κ1) is 21.8. The normalized spacial score (nSPS) is 10.4. The summed E-state index contributed by atoms with van der Waals surface area (Å²) in [5, 5.41) is 6.86. The van der Waals surface area contributed by atoms with Gasteiger partial charge in [-0.1, -0.05) is 6.07 Å². The highest BCUT2D eigenvalue weighted by atomic mass is 16.5. The van der Waals surface area contributed by atoms with Crippen molar-refractivity contribution in [3.8, 4) is 11.6 Å². The van der Waals surface area contributed by atoms with E-state index in [0.29, 0.717) is 23.5 Å². The number of ether oxygens (including phenoxy) is 2. The summed E-state index contributed by atoms with van der Waals surface area (Å²) in [6.45, 7) is 5.66. The van der Waals surface area contributed by atoms with Crippen molar-refractivity contribution < 1.29 is 19.1 Å². The fourth-order valence-electron chi connectivity index (χ4n) is 2.75. The lowest BCUT2D eigenvalue weighted by Gasteiger charge is -2.10. The highest BCUT2D eigenvalue weighted by Crippen LogP contribution is 2.14. The quantitative estimate of drug-likeness (QED) is 0.589. The van der Waals surface area contributed by atoms with Gasteiger partial charge in [0.1, 0.15) is 0 Å². The van der Waals surface area contributed by atoms with Gasteiger partial charge in [-0.25, -0.2) is 4.79 Å². The Bertz CT molecular complexity index is 1150. The minimum atomic E-state index is -0.423. The molecular weight excluding hydrogens is 398 g/mol. The Morgan fingerprint density at radius 2 is 1.74 bits per heavy atom. The van der Waals surface area contributed by atoms with Crippen LogP contribution in [0.2, 0.25) is 0 Å². The van der Waals surface area contributed by atoms with Crippen LogP contribution in [0.15, 0.2) is 59.4 Å². The number of rotatable bonds is 7. The van der Waals surface area contributed by atoms with E-state index < -0.39 is 11.9 Å². The van der Waals surface area contributed by atoms with E-state index in [1.165, 1.54) is 16.8 Å². The fraction of sp³-hybridized carbons (Fsp3) is 0.217. The van der Waals surface area contributed by atoms with Crippen molar-refractivity contribution in [3.63, 3.8) is 0 Å². The summed E-state index contributed by atoms with van der Waals surface area (Å²) in [6, 6.07) is 14.7. The number of carbonyl (C=O) groups excluding carboxylic acids is 2. The minimum Gasteiger partial charge on any atom is -0.467 e. The van der Waals surface area contributed by atoms with Gasteiger partial charge in [0.2, 0.25) is 5.88 Å². The first-order chi connectivity index (χ1) is 14.9. The summed E-state index contributed by atoms with van der Waals surface area (Å²) in [4.78, 5) is 36.0. The largest absolute Gasteiger partial charge is 0.467 e. The smallest absolute Gasteiger partial charge is 0.338 e. The number of nitrogens with zero attached hydrogens (tertiary/aromatic N) is 2. The number of nitrogens with one attached hydrogen (secondary N) is 1. The first-order valence-corrected chi connectivity index (χ1v) is 9.75. The molecule has 0 unspecified atom stereocenters. The van der Waals surface area contributed by atoms with Gasteiger partial charge in [0.25, 0.3) is 11.5 Å². The topological polar surface area (TPSA) is 99.5 Å². The molecule has 3 aromatic rings. The van der Waals surface area contributed by atoms with Crippen molar-refractivity contribution in [1.82, 2.24) is 9.78 Å². The van der Waals surface area contributed by atoms with Gasteiger partial charge < -0.3 is 14.8 Å². The van der Waals surface area contributed by atoms with Crippen molar-refractivity contribution in [2.45, 2.75) is 20.8 Å². The first-order valence-electron chi connectivity index (χ1n) is 9.75. The van der Waals surface area contributed by atoms with Crippen LogP contribution in [0.5, 0.6) is 5.88 Å². The zero-order chi connectivity index (χ0) is 22.4. The maximum absolute atomic E-state index is 12.2. The van der Waals surface area contributed by atoms with Crippen LogP contribution in [-0.2, 0) is 9.53 Å². The molecule has 3 rings (SSSR count). The third kappa shape index (κ3) is 5.57. The molecule has 0 spiro atoms. The van der Waals surface area contributed by atoms with Crippen molar-refractivity contribution in [1.29, 1.82) is 0 Å². The molecule has 0 aliphatic rings. The van der Waals surface area contributed by atoms with Crippen LogP contribution in [0.4, 0.5) is 5.69 Å². The number of carbonyl (C=O) groups is 2. The van der Waals surface area contributed by atoms with Crippen molar-refractivity contribution in [2.24, 2.45) is 0 Å². The summed E-state index contributed by atoms with van der Waals surface area (Å²) >= 11 is 0. The second-order valence-corrected chi connectivity index (χ2v) is 6.82. The highest BCUT2D eigenvalue weighted by molar-refractivity contribution is 5.93. The zero-order valence-electron chi connectivity index (χ0n) is 17.5. The molecule has 0 atom stereocenters. The van der Waals surface area contributed by atoms with Gasteiger partial charge in [0.15, 0.2) is 6.61 Å². The molecule has 0 radical (unpaired) electrons. The molecule has 0 fully saturated rings. The van der Waals surface area contributed by atoms with E-state index in [9.17, 15) is 14.4 Å². The number of benzene rings is 2. The summed E-state index contributed by atoms with van der Waals surface area (Å²) in [6.07, 6.45) is 0. The van der Waals surface area contributed by atoms with Gasteiger partial charge in [-0.05, 0) is 68.3 Å². The molecule has 1 aromatic heterocycles. The molecule has 0 aliphatic heterocycles. The molecule has 0 bridgehead atoms. The van der Waals surface area contributed by atoms with Gasteiger partial charge in [-0.15, -0.1) is 5.10 Å². The Hall–Kier alpha value is -3.94. The fourth-order valence-corrected chi connectivity index (χ4v) is 2.75. The third-order valence-corrected chi connectivity index (χ3v) is 4.54. The molecule has 0 saturated carbocycles. The van der Waals surface area contributed by atoms with Crippen LogP contribution < -0.4 is 15.6 Å². The zero-order valence-corrected chi connectivity index (χ0v) is 17.5. The number of aromatic nitrogens is 2. The lowest BCUT2D eigenvalue weighted by atomic mass is 10.1. The minimum absolute atomic E-state index is 0.144. The Morgan fingerprint density at radius 1 is 1.00 bits per heavy atom. The highest BCUT2D eigenvalue weighted by Gasteiger charge is 2.10. The molecule has 2 aromatic carbocycles. The average Bonchev–Trinajstić information content (AvgIpc) is 2.76. The van der Waals surface area contributed by atoms with E-state index in [4.69, 9.17) is 9.47 Å². The maximum Gasteiger partial charge on any atom is 0.338 e. The SMILES string of the molecule is CCOC(=O)c1ccc(NC(=O)COc2ccc(=O)n(-c3ccc(C)c(C)c3)n2)cc1. The Labute approximate surface area is 179 Å². The van der Waals surface area contributed by atoms with E-state index >= 15 is 0 Å². The predicted molar refractivity (Wildman–Crippen MR) is 116 cm³/mol. The van der Waals surface area contributed by atoms with Crippen molar-refractivity contribution >= 4 is 17.6 Å². The van der Waals surface area contributed by atoms with Gasteiger partial charge in [-0.2, -0.15) is 4.68 Å². The monoisotopic (exact) mass is 421 g/mol. The van der Waals surface area contributed by atoms with Gasteiger partial charge in [-0.3, -0.25) is 9.59 Å². The summed E-state index contributed by atoms with van der Waals surface area (Å²) in [5.74, 6) is -0.686. The molecule has 0 aliphatic carbocycles. The summed E-state index contributed by atoms with van der Waals surface area (Å²) < 4.78 is 11.6. The summed E-state index contributed by atoms with van der Waals surface area (Å²) in [5.41, 5.74) is 3.36. The number of aryl methyl sites for hydroxylation is 2. The van der Waals surface area contributed by atoms with Crippen LogP contribution in [0.3, 0.4) is 0 Å². The number of esters is 1. The Kier molecular flexibility index (Phi) is 6.81. The second-order valence-electron chi connectivity index (χ2n) is 6.82. The summed E-state index contributed by atoms with van der Waals surface area (Å²) in [7, 11) is 0. The van der Waals surface area contributed by atoms with E-state index in [-0.39, 0.29) is 18.0 Å². The van der Waals surface area contributed by atoms with Crippen LogP contribution >= 0.6 is 0 Å². The lowest BCUT2D eigenvalue weighted by Crippen LogP contribution is -2.24. The molecular formula is C23H23N3O5. The molecule has 0 saturated heterocycles. The molecule has 8 nitrogen and oxygen atoms in total. The molecule has 1 amide bonds. The Morgan fingerprint density at radius 3 is 2.42 bits per heavy atom. The maximum atomic E-state index is 12.2. The second kappa shape index (κ2) is 9.71.